The lowest BCUT2D eigenvalue weighted by Gasteiger charge is -2.45. The largest absolute Gasteiger partial charge is 0.387 e. The number of rotatable bonds is 5. The maximum absolute atomic E-state index is 10.8. The van der Waals surface area contributed by atoms with Gasteiger partial charge in [-0.1, -0.05) is 11.6 Å². The Morgan fingerprint density at radius 3 is 2.67 bits per heavy atom. The topological polar surface area (TPSA) is 85.8 Å². The van der Waals surface area contributed by atoms with Crippen molar-refractivity contribution in [3.05, 3.63) is 17.8 Å². The van der Waals surface area contributed by atoms with Gasteiger partial charge >= 0.3 is 0 Å². The first-order valence-corrected chi connectivity index (χ1v) is 11.0. The van der Waals surface area contributed by atoms with Crippen molar-refractivity contribution in [2.45, 2.75) is 55.8 Å². The molecule has 30 heavy (non-hydrogen) atoms. The number of aliphatic imine (C=N–C) groups is 2. The van der Waals surface area contributed by atoms with Crippen LogP contribution in [0.2, 0.25) is 0 Å². The molecule has 3 aliphatic heterocycles. The van der Waals surface area contributed by atoms with Crippen LogP contribution in [-0.2, 0) is 4.74 Å². The first kappa shape index (κ1) is 21.9. The lowest BCUT2D eigenvalue weighted by atomic mass is 9.85. The second-order valence-electron chi connectivity index (χ2n) is 8.76. The predicted octanol–water partition coefficient (Wildman–Crippen LogP) is 1.61. The normalized spacial score (nSPS) is 32.9. The highest BCUT2D eigenvalue weighted by Gasteiger charge is 2.49. The SMILES string of the molecule is C=Nc1c(/C(Cl)=N\C)ccn1[C@@H]1O[C@H](CN2CCCC23CCN(C)CC3)[C@@H](O)[C@H]1O. The maximum atomic E-state index is 10.8. The molecular formula is C21H32ClN5O3. The molecule has 0 aliphatic carbocycles. The number of hydrogen-bond donors (Lipinski definition) is 2. The van der Waals surface area contributed by atoms with Crippen LogP contribution in [0.5, 0.6) is 0 Å². The molecule has 0 bridgehead atoms. The van der Waals surface area contributed by atoms with E-state index in [4.69, 9.17) is 16.3 Å². The Bertz CT molecular complexity index is 805. The average Bonchev–Trinajstić information content (AvgIpc) is 3.42. The van der Waals surface area contributed by atoms with Crippen LogP contribution in [-0.4, -0.2) is 101 Å². The van der Waals surface area contributed by atoms with E-state index < -0.39 is 24.5 Å². The molecule has 1 aromatic heterocycles. The van der Waals surface area contributed by atoms with Gasteiger partial charge in [0.25, 0.3) is 0 Å². The molecule has 2 N–H and O–H groups in total. The predicted molar refractivity (Wildman–Crippen MR) is 118 cm³/mol. The molecule has 3 aliphatic rings. The van der Waals surface area contributed by atoms with Crippen LogP contribution >= 0.6 is 11.6 Å². The standard InChI is InChI=1S/C21H32ClN5O3/c1-23-18(22)14-5-10-27(19(14)24-2)20-17(29)16(28)15(30-20)13-26-9-4-6-21(26)7-11-25(3)12-8-21/h5,10,15-17,20,28-29H,2,4,6-9,11-13H2,1,3H3/b23-18+/t15-,16-,17-,20-/m1/s1. The van der Waals surface area contributed by atoms with Gasteiger partial charge in [0.05, 0.1) is 5.56 Å². The lowest BCUT2D eigenvalue weighted by Crippen LogP contribution is -2.54. The van der Waals surface area contributed by atoms with Gasteiger partial charge in [-0.25, -0.2) is 4.99 Å². The minimum atomic E-state index is -1.07. The van der Waals surface area contributed by atoms with E-state index in [0.29, 0.717) is 23.1 Å². The molecule has 0 amide bonds. The highest BCUT2D eigenvalue weighted by Crippen LogP contribution is 2.41. The van der Waals surface area contributed by atoms with Crippen LogP contribution in [0.1, 0.15) is 37.5 Å². The highest BCUT2D eigenvalue weighted by molar-refractivity contribution is 6.70. The van der Waals surface area contributed by atoms with Crippen molar-refractivity contribution in [3.8, 4) is 0 Å². The molecule has 0 radical (unpaired) electrons. The Balaban J connectivity index is 1.52. The second kappa shape index (κ2) is 8.68. The molecule has 8 nitrogen and oxygen atoms in total. The number of nitrogens with zero attached hydrogens (tertiary/aromatic N) is 5. The smallest absolute Gasteiger partial charge is 0.164 e. The molecule has 9 heteroatoms. The zero-order valence-corrected chi connectivity index (χ0v) is 18.5. The van der Waals surface area contributed by atoms with E-state index in [1.807, 2.05) is 0 Å². The van der Waals surface area contributed by atoms with Crippen LogP contribution in [0.4, 0.5) is 5.82 Å². The van der Waals surface area contributed by atoms with Gasteiger partial charge in [-0.2, -0.15) is 0 Å². The highest BCUT2D eigenvalue weighted by atomic mass is 35.5. The number of piperidine rings is 1. The van der Waals surface area contributed by atoms with Gasteiger partial charge in [0.2, 0.25) is 0 Å². The Kier molecular flexibility index (Phi) is 6.35. The third kappa shape index (κ3) is 3.74. The van der Waals surface area contributed by atoms with Crippen LogP contribution in [0.3, 0.4) is 0 Å². The molecule has 0 saturated carbocycles. The Hall–Kier alpha value is -1.29. The van der Waals surface area contributed by atoms with Crippen LogP contribution < -0.4 is 0 Å². The van der Waals surface area contributed by atoms with E-state index in [2.05, 4.69) is 33.5 Å². The van der Waals surface area contributed by atoms with Crippen molar-refractivity contribution >= 4 is 29.3 Å². The van der Waals surface area contributed by atoms with E-state index >= 15 is 0 Å². The van der Waals surface area contributed by atoms with E-state index in [9.17, 15) is 10.2 Å². The molecule has 1 spiro atoms. The van der Waals surface area contributed by atoms with Crippen molar-refractivity contribution < 1.29 is 14.9 Å². The van der Waals surface area contributed by atoms with Gasteiger partial charge in [-0.05, 0) is 65.1 Å². The van der Waals surface area contributed by atoms with Crippen LogP contribution in [0, 0.1) is 0 Å². The van der Waals surface area contributed by atoms with Crippen molar-refractivity contribution in [3.63, 3.8) is 0 Å². The number of aliphatic hydroxyl groups is 2. The fraction of sp³-hybridized carbons (Fsp3) is 0.714. The summed E-state index contributed by atoms with van der Waals surface area (Å²) in [6.07, 6.45) is 3.10. The van der Waals surface area contributed by atoms with Gasteiger partial charge in [-0.15, -0.1) is 0 Å². The molecule has 0 unspecified atom stereocenters. The zero-order chi connectivity index (χ0) is 21.5. The average molecular weight is 438 g/mol. The van der Waals surface area contributed by atoms with Crippen molar-refractivity contribution in [1.82, 2.24) is 14.4 Å². The van der Waals surface area contributed by atoms with E-state index in [1.165, 1.54) is 12.8 Å². The minimum absolute atomic E-state index is 0.193. The molecule has 166 valence electrons. The van der Waals surface area contributed by atoms with Gasteiger partial charge in [0.15, 0.2) is 6.23 Å². The van der Waals surface area contributed by atoms with Crippen molar-refractivity contribution in [2.24, 2.45) is 9.98 Å². The first-order valence-electron chi connectivity index (χ1n) is 10.7. The van der Waals surface area contributed by atoms with E-state index in [0.717, 1.165) is 32.5 Å². The minimum Gasteiger partial charge on any atom is -0.387 e. The molecule has 3 fully saturated rings. The zero-order valence-electron chi connectivity index (χ0n) is 17.7. The second-order valence-corrected chi connectivity index (χ2v) is 9.11. The number of ether oxygens (including phenoxy) is 1. The summed E-state index contributed by atoms with van der Waals surface area (Å²) >= 11 is 6.18. The van der Waals surface area contributed by atoms with Gasteiger partial charge < -0.3 is 24.4 Å². The molecule has 0 aromatic carbocycles. The number of likely N-dealkylation sites (tertiary alicyclic amines) is 2. The monoisotopic (exact) mass is 437 g/mol. The number of hydrogen-bond acceptors (Lipinski definition) is 7. The summed E-state index contributed by atoms with van der Waals surface area (Å²) in [6.45, 7) is 7.43. The van der Waals surface area contributed by atoms with Gasteiger partial charge in [0, 0.05) is 25.3 Å². The van der Waals surface area contributed by atoms with Crippen LogP contribution in [0.15, 0.2) is 22.2 Å². The quantitative estimate of drug-likeness (QED) is 0.683. The molecule has 1 aromatic rings. The lowest BCUT2D eigenvalue weighted by molar-refractivity contribution is -0.0576. The third-order valence-electron chi connectivity index (χ3n) is 7.13. The third-order valence-corrected chi connectivity index (χ3v) is 7.50. The maximum Gasteiger partial charge on any atom is 0.164 e. The Morgan fingerprint density at radius 1 is 1.27 bits per heavy atom. The molecule has 4 heterocycles. The summed E-state index contributed by atoms with van der Waals surface area (Å²) in [5.41, 5.74) is 0.811. The van der Waals surface area contributed by atoms with E-state index in [1.54, 1.807) is 23.9 Å². The van der Waals surface area contributed by atoms with Crippen molar-refractivity contribution in [2.75, 3.05) is 40.3 Å². The fourth-order valence-corrected chi connectivity index (χ4v) is 5.45. The summed E-state index contributed by atoms with van der Waals surface area (Å²) in [6, 6.07) is 1.77. The van der Waals surface area contributed by atoms with Crippen molar-refractivity contribution in [1.29, 1.82) is 0 Å². The molecule has 3 saturated heterocycles. The number of aromatic nitrogens is 1. The summed E-state index contributed by atoms with van der Waals surface area (Å²) in [7, 11) is 3.77. The summed E-state index contributed by atoms with van der Waals surface area (Å²) in [5, 5.41) is 21.9. The summed E-state index contributed by atoms with van der Waals surface area (Å²) in [5.74, 6) is 0.468. The van der Waals surface area contributed by atoms with Gasteiger partial charge in [0.1, 0.15) is 29.3 Å². The summed E-state index contributed by atoms with van der Waals surface area (Å²) < 4.78 is 7.88. The molecular weight excluding hydrogens is 406 g/mol. The Labute approximate surface area is 182 Å². The number of aliphatic hydroxyl groups excluding tert-OH is 2. The summed E-state index contributed by atoms with van der Waals surface area (Å²) in [4.78, 5) is 12.9. The first-order chi connectivity index (χ1) is 14.4. The fourth-order valence-electron chi connectivity index (χ4n) is 5.30. The molecule has 4 atom stereocenters. The van der Waals surface area contributed by atoms with E-state index in [-0.39, 0.29) is 5.54 Å². The number of halogens is 1. The molecule has 4 rings (SSSR count). The Morgan fingerprint density at radius 2 is 2.00 bits per heavy atom. The van der Waals surface area contributed by atoms with Gasteiger partial charge in [-0.3, -0.25) is 9.89 Å². The van der Waals surface area contributed by atoms with Crippen LogP contribution in [0.25, 0.3) is 0 Å².